The fourth-order valence-corrected chi connectivity index (χ4v) is 6.47. The van der Waals surface area contributed by atoms with Gasteiger partial charge in [0.25, 0.3) is 11.8 Å². The second-order valence-electron chi connectivity index (χ2n) is 13.1. The summed E-state index contributed by atoms with van der Waals surface area (Å²) in [5, 5.41) is 22.4. The molecule has 1 aliphatic rings. The molecule has 4 aromatic carbocycles. The molecule has 52 heavy (non-hydrogen) atoms. The normalized spacial score (nSPS) is 13.6. The molecule has 2 heterocycles. The highest BCUT2D eigenvalue weighted by Gasteiger charge is 2.20. The molecule has 11 nitrogen and oxygen atoms in total. The maximum absolute atomic E-state index is 13.2. The Hall–Kier alpha value is -5.65. The van der Waals surface area contributed by atoms with Crippen LogP contribution in [0.25, 0.3) is 16.6 Å². The number of aromatic nitrogens is 1. The number of carbonyl (C=O) groups is 3. The van der Waals surface area contributed by atoms with Gasteiger partial charge in [0, 0.05) is 66.9 Å². The van der Waals surface area contributed by atoms with Gasteiger partial charge in [0.1, 0.15) is 11.5 Å². The average Bonchev–Trinajstić information content (AvgIpc) is 3.53. The monoisotopic (exact) mass is 702 g/mol. The van der Waals surface area contributed by atoms with E-state index < -0.39 is 0 Å². The number of aliphatic hydroxyl groups excluding tert-OH is 1. The third kappa shape index (κ3) is 8.62. The Labute approximate surface area is 304 Å². The number of nitrogens with zero attached hydrogens (tertiary/aromatic N) is 2. The number of hydrogen-bond donors (Lipinski definition) is 5. The number of anilines is 2. The van der Waals surface area contributed by atoms with Gasteiger partial charge in [-0.1, -0.05) is 32.0 Å². The maximum atomic E-state index is 13.2. The number of likely N-dealkylation sites (tertiary alicyclic amines) is 1. The van der Waals surface area contributed by atoms with Crippen LogP contribution >= 0.6 is 0 Å². The molecule has 270 valence electrons. The second kappa shape index (κ2) is 16.6. The summed E-state index contributed by atoms with van der Waals surface area (Å²) in [7, 11) is 1.53. The Morgan fingerprint density at radius 1 is 0.846 bits per heavy atom. The van der Waals surface area contributed by atoms with Crippen molar-refractivity contribution in [1.29, 1.82) is 0 Å². The molecular formula is C41H46N6O5. The zero-order valence-corrected chi connectivity index (χ0v) is 29.8. The first-order valence-electron chi connectivity index (χ1n) is 17.9. The van der Waals surface area contributed by atoms with Gasteiger partial charge in [0.15, 0.2) is 0 Å². The number of nitrogens with one attached hydrogen (secondary N) is 4. The lowest BCUT2D eigenvalue weighted by Gasteiger charge is -2.29. The highest BCUT2D eigenvalue weighted by molar-refractivity contribution is 6.04. The minimum atomic E-state index is -0.363. The van der Waals surface area contributed by atoms with Gasteiger partial charge in [-0.3, -0.25) is 14.5 Å². The highest BCUT2D eigenvalue weighted by atomic mass is 16.5. The highest BCUT2D eigenvalue weighted by Crippen LogP contribution is 2.30. The van der Waals surface area contributed by atoms with E-state index in [1.165, 1.54) is 18.0 Å². The number of hydrogen-bond acceptors (Lipinski definition) is 6. The van der Waals surface area contributed by atoms with Crippen LogP contribution in [-0.2, 0) is 6.54 Å². The molecule has 5 N–H and O–H groups in total. The van der Waals surface area contributed by atoms with E-state index in [4.69, 9.17) is 4.74 Å². The Morgan fingerprint density at radius 2 is 1.54 bits per heavy atom. The first-order valence-corrected chi connectivity index (χ1v) is 17.9. The quantitative estimate of drug-likeness (QED) is 0.0926. The molecule has 6 rings (SSSR count). The van der Waals surface area contributed by atoms with E-state index in [-0.39, 0.29) is 35.6 Å². The summed E-state index contributed by atoms with van der Waals surface area (Å²) in [6.45, 7) is 6.60. The van der Waals surface area contributed by atoms with Crippen molar-refractivity contribution in [3.63, 3.8) is 0 Å². The molecule has 1 saturated heterocycles. The molecule has 0 unspecified atom stereocenters. The molecule has 1 fully saturated rings. The lowest BCUT2D eigenvalue weighted by Crippen LogP contribution is -2.37. The van der Waals surface area contributed by atoms with Crippen LogP contribution in [0.3, 0.4) is 0 Å². The van der Waals surface area contributed by atoms with Gasteiger partial charge in [-0.2, -0.15) is 0 Å². The van der Waals surface area contributed by atoms with Crippen LogP contribution in [0.2, 0.25) is 0 Å². The molecule has 0 saturated carbocycles. The number of amides is 4. The second-order valence-corrected chi connectivity index (χ2v) is 13.1. The molecule has 0 spiro atoms. The number of piperidine rings is 1. The third-order valence-corrected chi connectivity index (χ3v) is 9.52. The van der Waals surface area contributed by atoms with E-state index in [1.54, 1.807) is 42.5 Å². The summed E-state index contributed by atoms with van der Waals surface area (Å²) >= 11 is 0. The molecule has 0 bridgehead atoms. The van der Waals surface area contributed by atoms with E-state index in [2.05, 4.69) is 55.1 Å². The number of carbonyl (C=O) groups excluding carboxylic acids is 3. The van der Waals surface area contributed by atoms with Crippen molar-refractivity contribution < 1.29 is 24.2 Å². The maximum Gasteiger partial charge on any atom is 0.319 e. The Balaban J connectivity index is 1.10. The van der Waals surface area contributed by atoms with Crippen LogP contribution in [0, 0.1) is 0 Å². The lowest BCUT2D eigenvalue weighted by molar-refractivity contribution is 0.0794. The number of ether oxygens (including phenoxy) is 1. The molecule has 0 aliphatic carbocycles. The number of aliphatic hydroxyl groups is 1. The minimum Gasteiger partial charge on any atom is -0.457 e. The summed E-state index contributed by atoms with van der Waals surface area (Å²) in [4.78, 5) is 40.8. The number of urea groups is 1. The van der Waals surface area contributed by atoms with E-state index in [0.717, 1.165) is 56.5 Å². The minimum absolute atomic E-state index is 0.0622. The van der Waals surface area contributed by atoms with Crippen LogP contribution in [0.1, 0.15) is 65.8 Å². The lowest BCUT2D eigenvalue weighted by atomic mass is 10.1. The van der Waals surface area contributed by atoms with E-state index in [0.29, 0.717) is 28.4 Å². The Bertz CT molecular complexity index is 2010. The van der Waals surface area contributed by atoms with Gasteiger partial charge in [-0.25, -0.2) is 4.79 Å². The predicted molar refractivity (Wildman–Crippen MR) is 205 cm³/mol. The smallest absolute Gasteiger partial charge is 0.319 e. The zero-order chi connectivity index (χ0) is 36.6. The van der Waals surface area contributed by atoms with Crippen LogP contribution in [0.5, 0.6) is 11.5 Å². The summed E-state index contributed by atoms with van der Waals surface area (Å²) in [5.74, 6) is 0.175. The van der Waals surface area contributed by atoms with E-state index in [1.807, 2.05) is 44.2 Å². The number of benzene rings is 4. The van der Waals surface area contributed by atoms with Crippen molar-refractivity contribution in [2.45, 2.75) is 58.2 Å². The number of rotatable bonds is 12. The number of fused-ring (bicyclic) bond motifs is 1. The predicted octanol–water partition coefficient (Wildman–Crippen LogP) is 7.30. The van der Waals surface area contributed by atoms with Crippen LogP contribution in [-0.4, -0.2) is 64.7 Å². The molecule has 11 heteroatoms. The van der Waals surface area contributed by atoms with Gasteiger partial charge in [0.2, 0.25) is 0 Å². The molecule has 5 aromatic rings. The molecule has 1 aromatic heterocycles. The molecular weight excluding hydrogens is 656 g/mol. The van der Waals surface area contributed by atoms with Crippen molar-refractivity contribution in [3.05, 3.63) is 114 Å². The molecule has 4 amide bonds. The van der Waals surface area contributed by atoms with E-state index in [9.17, 15) is 19.5 Å². The van der Waals surface area contributed by atoms with Crippen LogP contribution in [0.4, 0.5) is 16.2 Å². The first-order chi connectivity index (χ1) is 25.2. The molecule has 1 aliphatic heterocycles. The largest absolute Gasteiger partial charge is 0.457 e. The SMILES string of the molecule is CCC(CC)NC(=O)Nc1ccc(Oc2ccc(NC(=O)c3ccc(-n4cc(CN5CCC(O)CC5)c5ccccc54)cc3)cc2)c(C(=O)NC)c1. The van der Waals surface area contributed by atoms with Crippen LogP contribution < -0.4 is 26.0 Å². The van der Waals surface area contributed by atoms with E-state index >= 15 is 0 Å². The van der Waals surface area contributed by atoms with Gasteiger partial charge in [-0.15, -0.1) is 0 Å². The Morgan fingerprint density at radius 3 is 2.23 bits per heavy atom. The first kappa shape index (κ1) is 36.2. The van der Waals surface area contributed by atoms with Crippen molar-refractivity contribution in [2.24, 2.45) is 0 Å². The van der Waals surface area contributed by atoms with Crippen molar-refractivity contribution in [2.75, 3.05) is 30.8 Å². The summed E-state index contributed by atoms with van der Waals surface area (Å²) in [6, 6.07) is 27.4. The summed E-state index contributed by atoms with van der Waals surface area (Å²) in [6.07, 6.45) is 5.20. The van der Waals surface area contributed by atoms with Crippen molar-refractivity contribution in [1.82, 2.24) is 20.1 Å². The Kier molecular flexibility index (Phi) is 11.5. The topological polar surface area (TPSA) is 137 Å². The van der Waals surface area contributed by atoms with Gasteiger partial charge in [0.05, 0.1) is 17.2 Å². The number of para-hydroxylation sites is 1. The average molecular weight is 703 g/mol. The van der Waals surface area contributed by atoms with Crippen molar-refractivity contribution in [3.8, 4) is 17.2 Å². The van der Waals surface area contributed by atoms with Crippen molar-refractivity contribution >= 4 is 40.1 Å². The fraction of sp³-hybridized carbons (Fsp3) is 0.293. The third-order valence-electron chi connectivity index (χ3n) is 9.52. The fourth-order valence-electron chi connectivity index (χ4n) is 6.47. The standard InChI is InChI=1S/C41H46N6O5/c1-4-29(5-2)44-41(51)45-31-14-19-38(36(24-31)40(50)42-3)52-34-17-12-30(13-18-34)43-39(49)27-10-15-32(16-11-27)47-26-28(35-8-6-7-9-37(35)47)25-46-22-20-33(48)21-23-46/h6-19,24,26,29,33,48H,4-5,20-23,25H2,1-3H3,(H,42,50)(H,43,49)(H2,44,45,51). The van der Waals surface area contributed by atoms with Gasteiger partial charge < -0.3 is 35.7 Å². The molecule has 0 radical (unpaired) electrons. The summed E-state index contributed by atoms with van der Waals surface area (Å²) < 4.78 is 8.22. The van der Waals surface area contributed by atoms with Gasteiger partial charge in [-0.05, 0) is 104 Å². The zero-order valence-electron chi connectivity index (χ0n) is 29.8. The molecule has 0 atom stereocenters. The summed E-state index contributed by atoms with van der Waals surface area (Å²) in [5.41, 5.74) is 5.12. The van der Waals surface area contributed by atoms with Gasteiger partial charge >= 0.3 is 6.03 Å². The van der Waals surface area contributed by atoms with Crippen LogP contribution in [0.15, 0.2) is 97.2 Å².